The average molecular weight is 222 g/mol. The molecule has 1 heterocycles. The van der Waals surface area contributed by atoms with Gasteiger partial charge in [0.05, 0.1) is 4.34 Å². The minimum atomic E-state index is 0.791. The normalized spacial score (nSPS) is 11.2. The molecule has 0 aliphatic heterocycles. The van der Waals surface area contributed by atoms with Gasteiger partial charge in [-0.1, -0.05) is 29.3 Å². The Kier molecular flexibility index (Phi) is 4.69. The van der Waals surface area contributed by atoms with E-state index in [4.69, 9.17) is 23.2 Å². The van der Waals surface area contributed by atoms with Crippen molar-refractivity contribution < 1.29 is 0 Å². The van der Waals surface area contributed by atoms with Gasteiger partial charge in [-0.2, -0.15) is 0 Å². The monoisotopic (exact) mass is 221 g/mol. The van der Waals surface area contributed by atoms with E-state index in [1.165, 1.54) is 10.4 Å². The maximum Gasteiger partial charge on any atom is 0.0931 e. The fourth-order valence-electron chi connectivity index (χ4n) is 0.770. The molecular weight excluding hydrogens is 213 g/mol. The molecule has 1 aromatic heterocycles. The minimum Gasteiger partial charge on any atom is -0.308 e. The second-order valence-electron chi connectivity index (χ2n) is 2.20. The van der Waals surface area contributed by atoms with E-state index in [1.807, 2.05) is 18.2 Å². The van der Waals surface area contributed by atoms with E-state index in [9.17, 15) is 0 Å². The van der Waals surface area contributed by atoms with Crippen molar-refractivity contribution >= 4 is 34.5 Å². The minimum absolute atomic E-state index is 0.791. The van der Waals surface area contributed by atoms with Gasteiger partial charge in [0.25, 0.3) is 0 Å². The second-order valence-corrected chi connectivity index (χ2v) is 4.25. The quantitative estimate of drug-likeness (QED) is 0.771. The van der Waals surface area contributed by atoms with Crippen molar-refractivity contribution in [3.63, 3.8) is 0 Å². The summed E-state index contributed by atoms with van der Waals surface area (Å²) in [5.41, 5.74) is 1.51. The summed E-state index contributed by atoms with van der Waals surface area (Å²) in [6.07, 6.45) is 1.86. The van der Waals surface area contributed by atoms with E-state index < -0.39 is 0 Å². The number of thiophene rings is 1. The first-order chi connectivity index (χ1) is 5.83. The van der Waals surface area contributed by atoms with Gasteiger partial charge in [-0.05, 0) is 12.1 Å². The molecule has 0 aromatic carbocycles. The van der Waals surface area contributed by atoms with Crippen LogP contribution in [0.1, 0.15) is 4.88 Å². The van der Waals surface area contributed by atoms with Crippen molar-refractivity contribution in [2.75, 3.05) is 6.54 Å². The van der Waals surface area contributed by atoms with Gasteiger partial charge in [0.2, 0.25) is 0 Å². The first-order valence-electron chi connectivity index (χ1n) is 3.53. The topological polar surface area (TPSA) is 12.0 Å². The molecule has 1 nitrogen and oxygen atoms in total. The Morgan fingerprint density at radius 2 is 2.33 bits per heavy atom. The van der Waals surface area contributed by atoms with Gasteiger partial charge in [0.15, 0.2) is 0 Å². The van der Waals surface area contributed by atoms with Crippen LogP contribution < -0.4 is 5.32 Å². The predicted molar refractivity (Wildman–Crippen MR) is 56.0 cm³/mol. The zero-order valence-corrected chi connectivity index (χ0v) is 8.72. The Morgan fingerprint density at radius 1 is 1.50 bits per heavy atom. The molecule has 0 atom stereocenters. The summed E-state index contributed by atoms with van der Waals surface area (Å²) in [5.74, 6) is 0. The number of hydrogen-bond donors (Lipinski definition) is 1. The zero-order chi connectivity index (χ0) is 8.81. The van der Waals surface area contributed by atoms with Crippen LogP contribution in [-0.4, -0.2) is 6.54 Å². The summed E-state index contributed by atoms with van der Waals surface area (Å²) in [6.45, 7) is 1.64. The average Bonchev–Trinajstić information content (AvgIpc) is 2.45. The van der Waals surface area contributed by atoms with Gasteiger partial charge in [-0.25, -0.2) is 0 Å². The lowest BCUT2D eigenvalue weighted by Crippen LogP contribution is -2.11. The SMILES string of the molecule is Cl/C=C/CNCc1ccc(Cl)s1. The molecule has 0 bridgehead atoms. The highest BCUT2D eigenvalue weighted by molar-refractivity contribution is 7.16. The summed E-state index contributed by atoms with van der Waals surface area (Å²) < 4.78 is 0.833. The van der Waals surface area contributed by atoms with Crippen LogP contribution in [0.5, 0.6) is 0 Å². The molecule has 1 N–H and O–H groups in total. The van der Waals surface area contributed by atoms with E-state index in [0.29, 0.717) is 0 Å². The standard InChI is InChI=1S/C8H9Cl2NS/c9-4-1-5-11-6-7-2-3-8(10)12-7/h1-4,11H,5-6H2/b4-1+. The van der Waals surface area contributed by atoms with Gasteiger partial charge in [-0.15, -0.1) is 11.3 Å². The molecule has 4 heteroatoms. The third-order valence-corrected chi connectivity index (χ3v) is 2.69. The predicted octanol–water partition coefficient (Wildman–Crippen LogP) is 3.24. The van der Waals surface area contributed by atoms with Crippen LogP contribution in [0.15, 0.2) is 23.7 Å². The van der Waals surface area contributed by atoms with E-state index in [0.717, 1.165) is 17.4 Å². The highest BCUT2D eigenvalue weighted by Gasteiger charge is 1.95. The van der Waals surface area contributed by atoms with E-state index >= 15 is 0 Å². The summed E-state index contributed by atoms with van der Waals surface area (Å²) in [5, 5.41) is 3.20. The molecule has 0 aliphatic rings. The van der Waals surface area contributed by atoms with Crippen LogP contribution >= 0.6 is 34.5 Å². The van der Waals surface area contributed by atoms with E-state index in [2.05, 4.69) is 5.32 Å². The van der Waals surface area contributed by atoms with Gasteiger partial charge in [0, 0.05) is 23.5 Å². The maximum atomic E-state index is 5.76. The Labute approximate surface area is 86.0 Å². The van der Waals surface area contributed by atoms with Crippen LogP contribution in [0.2, 0.25) is 4.34 Å². The lowest BCUT2D eigenvalue weighted by atomic mass is 10.4. The Hall–Kier alpha value is -0.0200. The van der Waals surface area contributed by atoms with Crippen molar-refractivity contribution in [1.82, 2.24) is 5.32 Å². The number of rotatable bonds is 4. The maximum absolute atomic E-state index is 5.76. The summed E-state index contributed by atoms with van der Waals surface area (Å²) in [7, 11) is 0. The highest BCUT2D eigenvalue weighted by Crippen LogP contribution is 2.20. The van der Waals surface area contributed by atoms with Crippen LogP contribution in [-0.2, 0) is 6.54 Å². The van der Waals surface area contributed by atoms with Crippen LogP contribution in [0.3, 0.4) is 0 Å². The van der Waals surface area contributed by atoms with Gasteiger partial charge >= 0.3 is 0 Å². The molecule has 66 valence electrons. The van der Waals surface area contributed by atoms with Crippen molar-refractivity contribution in [2.45, 2.75) is 6.54 Å². The molecule has 0 amide bonds. The smallest absolute Gasteiger partial charge is 0.0931 e. The second kappa shape index (κ2) is 5.60. The Balaban J connectivity index is 2.24. The summed E-state index contributed by atoms with van der Waals surface area (Å²) in [6, 6.07) is 3.92. The van der Waals surface area contributed by atoms with Gasteiger partial charge in [-0.3, -0.25) is 0 Å². The third kappa shape index (κ3) is 3.59. The van der Waals surface area contributed by atoms with Crippen molar-refractivity contribution in [3.05, 3.63) is 33.0 Å². The highest BCUT2D eigenvalue weighted by atomic mass is 35.5. The van der Waals surface area contributed by atoms with Gasteiger partial charge in [0.1, 0.15) is 0 Å². The lowest BCUT2D eigenvalue weighted by molar-refractivity contribution is 0.770. The van der Waals surface area contributed by atoms with E-state index in [1.54, 1.807) is 11.3 Å². The number of nitrogens with one attached hydrogen (secondary N) is 1. The summed E-state index contributed by atoms with van der Waals surface area (Å²) in [4.78, 5) is 1.24. The zero-order valence-electron chi connectivity index (χ0n) is 6.39. The molecule has 0 fully saturated rings. The van der Waals surface area contributed by atoms with Gasteiger partial charge < -0.3 is 5.32 Å². The molecule has 0 radical (unpaired) electrons. The third-order valence-electron chi connectivity index (χ3n) is 1.28. The van der Waals surface area contributed by atoms with Crippen LogP contribution in [0, 0.1) is 0 Å². The van der Waals surface area contributed by atoms with Crippen LogP contribution in [0.25, 0.3) is 0 Å². The van der Waals surface area contributed by atoms with E-state index in [-0.39, 0.29) is 0 Å². The molecule has 0 unspecified atom stereocenters. The number of halogens is 2. The molecule has 0 aliphatic carbocycles. The molecule has 12 heavy (non-hydrogen) atoms. The lowest BCUT2D eigenvalue weighted by Gasteiger charge is -1.96. The molecule has 1 rings (SSSR count). The largest absolute Gasteiger partial charge is 0.308 e. The summed E-state index contributed by atoms with van der Waals surface area (Å²) >= 11 is 12.7. The molecule has 1 aromatic rings. The molecule has 0 spiro atoms. The first-order valence-corrected chi connectivity index (χ1v) is 5.16. The fourth-order valence-corrected chi connectivity index (χ4v) is 1.92. The molecule has 0 saturated heterocycles. The van der Waals surface area contributed by atoms with Crippen molar-refractivity contribution in [2.24, 2.45) is 0 Å². The van der Waals surface area contributed by atoms with Crippen LogP contribution in [0.4, 0.5) is 0 Å². The van der Waals surface area contributed by atoms with Crippen molar-refractivity contribution in [1.29, 1.82) is 0 Å². The first kappa shape index (κ1) is 10.1. The number of hydrogen-bond acceptors (Lipinski definition) is 2. The Bertz CT molecular complexity index is 257. The fraction of sp³-hybridized carbons (Fsp3) is 0.250. The molecule has 0 saturated carbocycles. The van der Waals surface area contributed by atoms with Crippen molar-refractivity contribution in [3.8, 4) is 0 Å². The Morgan fingerprint density at radius 3 is 2.92 bits per heavy atom. The molecular formula is C8H9Cl2NS.